The van der Waals surface area contributed by atoms with Gasteiger partial charge < -0.3 is 9.31 Å². The van der Waals surface area contributed by atoms with Crippen molar-refractivity contribution < 1.29 is 9.31 Å². The molecule has 0 bridgehead atoms. The van der Waals surface area contributed by atoms with Gasteiger partial charge in [0.1, 0.15) is 0 Å². The maximum atomic E-state index is 6.47. The van der Waals surface area contributed by atoms with E-state index in [2.05, 4.69) is 87.3 Å². The Hall–Kier alpha value is -2.69. The van der Waals surface area contributed by atoms with Gasteiger partial charge in [-0.2, -0.15) is 0 Å². The second-order valence-electron chi connectivity index (χ2n) is 8.68. The molecule has 1 saturated heterocycles. The third-order valence-electron chi connectivity index (χ3n) is 6.38. The van der Waals surface area contributed by atoms with Crippen molar-refractivity contribution >= 4 is 34.1 Å². The molecule has 0 unspecified atom stereocenters. The van der Waals surface area contributed by atoms with Gasteiger partial charge in [-0.3, -0.25) is 4.98 Å². The van der Waals surface area contributed by atoms with E-state index in [1.807, 2.05) is 18.3 Å². The monoisotopic (exact) mass is 381 g/mol. The molecular weight excluding hydrogens is 357 g/mol. The number of pyridine rings is 1. The van der Waals surface area contributed by atoms with Crippen LogP contribution < -0.4 is 5.46 Å². The van der Waals surface area contributed by atoms with Gasteiger partial charge in [0.05, 0.1) is 16.9 Å². The number of fused-ring (bicyclic) bond motifs is 2. The van der Waals surface area contributed by atoms with Crippen LogP contribution in [0.15, 0.2) is 72.9 Å². The van der Waals surface area contributed by atoms with Crippen molar-refractivity contribution in [2.75, 3.05) is 0 Å². The first-order valence-electron chi connectivity index (χ1n) is 10.1. The highest BCUT2D eigenvalue weighted by Crippen LogP contribution is 2.40. The van der Waals surface area contributed by atoms with Crippen molar-refractivity contribution in [2.24, 2.45) is 0 Å². The molecule has 0 amide bonds. The van der Waals surface area contributed by atoms with E-state index in [0.717, 1.165) is 38.3 Å². The molecule has 1 aromatic heterocycles. The van der Waals surface area contributed by atoms with Gasteiger partial charge in [0.2, 0.25) is 0 Å². The molecule has 0 atom stereocenters. The van der Waals surface area contributed by atoms with Gasteiger partial charge in [-0.1, -0.05) is 54.6 Å². The van der Waals surface area contributed by atoms with E-state index >= 15 is 0 Å². The van der Waals surface area contributed by atoms with Crippen molar-refractivity contribution in [1.29, 1.82) is 0 Å². The fourth-order valence-electron chi connectivity index (χ4n) is 4.16. The Morgan fingerprint density at radius 2 is 1.14 bits per heavy atom. The Morgan fingerprint density at radius 3 is 1.62 bits per heavy atom. The fourth-order valence-corrected chi connectivity index (χ4v) is 4.16. The summed E-state index contributed by atoms with van der Waals surface area (Å²) in [7, 11) is -0.424. The van der Waals surface area contributed by atoms with Gasteiger partial charge in [0, 0.05) is 11.8 Å². The van der Waals surface area contributed by atoms with Crippen LogP contribution in [-0.2, 0) is 9.31 Å². The van der Waals surface area contributed by atoms with Crippen molar-refractivity contribution in [1.82, 2.24) is 4.98 Å². The summed E-state index contributed by atoms with van der Waals surface area (Å²) in [6, 6.07) is 23.0. The normalized spacial score (nSPS) is 17.9. The van der Waals surface area contributed by atoms with Gasteiger partial charge in [0.15, 0.2) is 0 Å². The lowest BCUT2D eigenvalue weighted by Gasteiger charge is -2.32. The largest absolute Gasteiger partial charge is 0.496 e. The Morgan fingerprint density at radius 1 is 0.655 bits per heavy atom. The molecule has 0 aliphatic carbocycles. The second-order valence-corrected chi connectivity index (χ2v) is 8.68. The third kappa shape index (κ3) is 2.78. The predicted octanol–water partition coefficient (Wildman–Crippen LogP) is 5.35. The molecule has 3 aromatic carbocycles. The van der Waals surface area contributed by atoms with Crippen molar-refractivity contribution in [3.8, 4) is 11.3 Å². The molecule has 144 valence electrons. The van der Waals surface area contributed by atoms with Crippen LogP contribution >= 0.6 is 0 Å². The summed E-state index contributed by atoms with van der Waals surface area (Å²) in [5, 5.41) is 4.61. The minimum Gasteiger partial charge on any atom is -0.399 e. The highest BCUT2D eigenvalue weighted by atomic mass is 16.7. The van der Waals surface area contributed by atoms with E-state index in [0.29, 0.717) is 0 Å². The molecule has 1 aliphatic heterocycles. The van der Waals surface area contributed by atoms with E-state index in [4.69, 9.17) is 9.31 Å². The van der Waals surface area contributed by atoms with E-state index in [-0.39, 0.29) is 11.2 Å². The number of hydrogen-bond acceptors (Lipinski definition) is 3. The first-order valence-corrected chi connectivity index (χ1v) is 10.1. The van der Waals surface area contributed by atoms with E-state index in [1.54, 1.807) is 0 Å². The molecule has 1 fully saturated rings. The molecule has 3 nitrogen and oxygen atoms in total. The molecule has 4 aromatic rings. The standard InChI is InChI=1S/C25H24BNO2/c1-24(2)25(3,4)29-26(28-24)23-19-13-7-5-11-17(19)22(21-15-9-10-16-27-21)18-12-6-8-14-20(18)23/h5-16H,1-4H3. The average Bonchev–Trinajstić information content (AvgIpc) is 2.93. The number of rotatable bonds is 2. The Kier molecular flexibility index (Phi) is 4.06. The maximum Gasteiger partial charge on any atom is 0.496 e. The van der Waals surface area contributed by atoms with Crippen molar-refractivity contribution in [2.45, 2.75) is 38.9 Å². The number of hydrogen-bond donors (Lipinski definition) is 0. The van der Waals surface area contributed by atoms with Crippen LogP contribution in [0, 0.1) is 0 Å². The van der Waals surface area contributed by atoms with Crippen LogP contribution in [0.5, 0.6) is 0 Å². The third-order valence-corrected chi connectivity index (χ3v) is 6.38. The van der Waals surface area contributed by atoms with E-state index in [1.165, 1.54) is 0 Å². The summed E-state index contributed by atoms with van der Waals surface area (Å²) in [5.41, 5.74) is 2.44. The zero-order valence-electron chi connectivity index (χ0n) is 17.3. The van der Waals surface area contributed by atoms with E-state index < -0.39 is 7.12 Å². The second kappa shape index (κ2) is 6.41. The average molecular weight is 381 g/mol. The molecule has 2 heterocycles. The zero-order chi connectivity index (χ0) is 20.2. The van der Waals surface area contributed by atoms with Crippen LogP contribution in [0.1, 0.15) is 27.7 Å². The number of benzene rings is 3. The molecule has 5 rings (SSSR count). The molecule has 0 saturated carbocycles. The highest BCUT2D eigenvalue weighted by Gasteiger charge is 2.52. The Labute approximate surface area is 171 Å². The van der Waals surface area contributed by atoms with Crippen molar-refractivity contribution in [3.63, 3.8) is 0 Å². The Bertz CT molecular complexity index is 1140. The van der Waals surface area contributed by atoms with Crippen LogP contribution in [0.2, 0.25) is 0 Å². The zero-order valence-corrected chi connectivity index (χ0v) is 17.3. The molecule has 0 N–H and O–H groups in total. The molecule has 0 spiro atoms. The fraction of sp³-hybridized carbons (Fsp3) is 0.240. The maximum absolute atomic E-state index is 6.47. The SMILES string of the molecule is CC1(C)OB(c2c3ccccc3c(-c3ccccn3)c3ccccc23)OC1(C)C. The summed E-state index contributed by atoms with van der Waals surface area (Å²) in [5.74, 6) is 0. The molecule has 29 heavy (non-hydrogen) atoms. The molecule has 0 radical (unpaired) electrons. The Balaban J connectivity index is 1.87. The molecule has 4 heteroatoms. The molecular formula is C25H24BNO2. The van der Waals surface area contributed by atoms with Crippen LogP contribution in [0.25, 0.3) is 32.8 Å². The predicted molar refractivity (Wildman–Crippen MR) is 120 cm³/mol. The van der Waals surface area contributed by atoms with Gasteiger partial charge >= 0.3 is 7.12 Å². The van der Waals surface area contributed by atoms with Crippen LogP contribution in [0.3, 0.4) is 0 Å². The van der Waals surface area contributed by atoms with Gasteiger partial charge in [-0.05, 0) is 66.8 Å². The summed E-state index contributed by atoms with van der Waals surface area (Å²) >= 11 is 0. The minimum atomic E-state index is -0.424. The van der Waals surface area contributed by atoms with E-state index in [9.17, 15) is 0 Å². The summed E-state index contributed by atoms with van der Waals surface area (Å²) < 4.78 is 12.9. The molecule has 1 aliphatic rings. The summed E-state index contributed by atoms with van der Waals surface area (Å²) in [6.07, 6.45) is 1.85. The topological polar surface area (TPSA) is 31.4 Å². The van der Waals surface area contributed by atoms with Gasteiger partial charge in [-0.15, -0.1) is 0 Å². The quantitative estimate of drug-likeness (QED) is 0.346. The minimum absolute atomic E-state index is 0.389. The smallest absolute Gasteiger partial charge is 0.399 e. The number of aromatic nitrogens is 1. The lowest BCUT2D eigenvalue weighted by Crippen LogP contribution is -2.41. The lowest BCUT2D eigenvalue weighted by atomic mass is 9.72. The van der Waals surface area contributed by atoms with Crippen LogP contribution in [-0.4, -0.2) is 23.3 Å². The van der Waals surface area contributed by atoms with Crippen LogP contribution in [0.4, 0.5) is 0 Å². The summed E-state index contributed by atoms with van der Waals surface area (Å²) in [6.45, 7) is 8.39. The summed E-state index contributed by atoms with van der Waals surface area (Å²) in [4.78, 5) is 4.66. The first kappa shape index (κ1) is 18.4. The first-order chi connectivity index (χ1) is 13.9. The highest BCUT2D eigenvalue weighted by molar-refractivity contribution is 6.68. The van der Waals surface area contributed by atoms with Gasteiger partial charge in [-0.25, -0.2) is 0 Å². The lowest BCUT2D eigenvalue weighted by molar-refractivity contribution is 0.00578. The van der Waals surface area contributed by atoms with Crippen molar-refractivity contribution in [3.05, 3.63) is 72.9 Å². The number of nitrogens with zero attached hydrogens (tertiary/aromatic N) is 1. The van der Waals surface area contributed by atoms with Gasteiger partial charge in [0.25, 0.3) is 0 Å².